The highest BCUT2D eigenvalue weighted by atomic mass is 16.3. The normalized spacial score (nSPS) is 16.8. The molecule has 108 valence electrons. The van der Waals surface area contributed by atoms with E-state index in [1.54, 1.807) is 5.01 Å². The van der Waals surface area contributed by atoms with Gasteiger partial charge in [-0.15, -0.1) is 4.91 Å². The second-order valence-electron chi connectivity index (χ2n) is 4.79. The van der Waals surface area contributed by atoms with E-state index in [9.17, 15) is 9.70 Å². The van der Waals surface area contributed by atoms with Gasteiger partial charge in [0, 0.05) is 32.7 Å². The van der Waals surface area contributed by atoms with Gasteiger partial charge in [0.1, 0.15) is 6.54 Å². The third kappa shape index (κ3) is 4.01. The Morgan fingerprint density at radius 3 is 2.40 bits per heavy atom. The van der Waals surface area contributed by atoms with Crippen LogP contribution in [0, 0.1) is 4.91 Å². The highest BCUT2D eigenvalue weighted by molar-refractivity contribution is 5.75. The quantitative estimate of drug-likeness (QED) is 0.593. The zero-order valence-electron chi connectivity index (χ0n) is 11.3. The molecule has 1 aliphatic rings. The molecule has 1 amide bonds. The maximum absolute atomic E-state index is 10.9. The molecule has 0 saturated carbocycles. The average molecular weight is 277 g/mol. The molecule has 0 aromatic heterocycles. The molecule has 2 rings (SSSR count). The van der Waals surface area contributed by atoms with Gasteiger partial charge in [0.2, 0.25) is 5.91 Å². The van der Waals surface area contributed by atoms with Crippen LogP contribution in [0.25, 0.3) is 0 Å². The van der Waals surface area contributed by atoms with Crippen LogP contribution in [0.1, 0.15) is 5.56 Å². The first-order valence-corrected chi connectivity index (χ1v) is 6.59. The Morgan fingerprint density at radius 2 is 1.85 bits per heavy atom. The molecule has 0 bridgehead atoms. The maximum Gasteiger partial charge on any atom is 0.240 e. The van der Waals surface area contributed by atoms with Gasteiger partial charge in [-0.2, -0.15) is 10.1 Å². The molecule has 0 atom stereocenters. The van der Waals surface area contributed by atoms with Crippen molar-refractivity contribution in [3.05, 3.63) is 40.8 Å². The van der Waals surface area contributed by atoms with E-state index in [0.717, 1.165) is 24.8 Å². The lowest BCUT2D eigenvalue weighted by atomic mass is 10.2. The fourth-order valence-electron chi connectivity index (χ4n) is 2.29. The van der Waals surface area contributed by atoms with Crippen molar-refractivity contribution < 1.29 is 4.79 Å². The monoisotopic (exact) mass is 277 g/mol. The molecule has 20 heavy (non-hydrogen) atoms. The molecule has 0 radical (unpaired) electrons. The van der Waals surface area contributed by atoms with Crippen LogP contribution in [0.3, 0.4) is 0 Å². The number of piperazine rings is 1. The van der Waals surface area contributed by atoms with Crippen molar-refractivity contribution in [3.8, 4) is 0 Å². The number of hydrogen-bond donors (Lipinski definition) is 1. The van der Waals surface area contributed by atoms with Gasteiger partial charge in [0.15, 0.2) is 0 Å². The van der Waals surface area contributed by atoms with Crippen LogP contribution in [0.5, 0.6) is 0 Å². The summed E-state index contributed by atoms with van der Waals surface area (Å²) in [6.07, 6.45) is 0. The Bertz CT molecular complexity index is 445. The molecule has 2 N–H and O–H groups in total. The van der Waals surface area contributed by atoms with Crippen molar-refractivity contribution in [3.63, 3.8) is 0 Å². The molecule has 1 saturated heterocycles. The number of rotatable bonds is 6. The van der Waals surface area contributed by atoms with Gasteiger partial charge in [-0.3, -0.25) is 9.69 Å². The van der Waals surface area contributed by atoms with Crippen LogP contribution in [0.4, 0.5) is 0 Å². The summed E-state index contributed by atoms with van der Waals surface area (Å²) in [4.78, 5) is 23.9. The van der Waals surface area contributed by atoms with Gasteiger partial charge in [0.05, 0.1) is 5.29 Å². The molecule has 1 aliphatic heterocycles. The average Bonchev–Trinajstić information content (AvgIpc) is 2.46. The lowest BCUT2D eigenvalue weighted by Crippen LogP contribution is -2.53. The fraction of sp³-hybridized carbons (Fsp3) is 0.462. The number of nitroso groups, excluding NO2 is 1. The van der Waals surface area contributed by atoms with Crippen LogP contribution in [0.2, 0.25) is 0 Å². The summed E-state index contributed by atoms with van der Waals surface area (Å²) in [6.45, 7) is 3.68. The summed E-state index contributed by atoms with van der Waals surface area (Å²) in [5.41, 5.74) is 6.36. The first-order valence-electron chi connectivity index (χ1n) is 6.59. The van der Waals surface area contributed by atoms with E-state index in [1.165, 1.54) is 5.56 Å². The summed E-state index contributed by atoms with van der Waals surface area (Å²) in [5.74, 6) is -0.559. The molecular weight excluding hydrogens is 258 g/mol. The lowest BCUT2D eigenvalue weighted by molar-refractivity contribution is -0.127. The molecule has 7 heteroatoms. The number of carbonyl (C=O) groups excluding carboxylic acids is 1. The van der Waals surface area contributed by atoms with Gasteiger partial charge in [-0.1, -0.05) is 30.3 Å². The molecular formula is C13H19N5O2. The van der Waals surface area contributed by atoms with E-state index in [1.807, 2.05) is 18.2 Å². The SMILES string of the molecule is NC(=O)CN(N=O)N1CCN(Cc2ccccc2)CC1. The van der Waals surface area contributed by atoms with Crippen LogP contribution >= 0.6 is 0 Å². The molecule has 0 unspecified atom stereocenters. The molecule has 1 fully saturated rings. The van der Waals surface area contributed by atoms with Crippen LogP contribution in [-0.4, -0.2) is 53.7 Å². The Balaban J connectivity index is 1.82. The van der Waals surface area contributed by atoms with Crippen LogP contribution in [0.15, 0.2) is 35.6 Å². The predicted octanol–water partition coefficient (Wildman–Crippen LogP) is 0.188. The number of hydrogen-bond acceptors (Lipinski definition) is 5. The second kappa shape index (κ2) is 6.97. The number of benzene rings is 1. The largest absolute Gasteiger partial charge is 0.368 e. The number of nitrogens with two attached hydrogens (primary N) is 1. The molecule has 7 nitrogen and oxygen atoms in total. The Labute approximate surface area is 117 Å². The van der Waals surface area contributed by atoms with Gasteiger partial charge >= 0.3 is 0 Å². The summed E-state index contributed by atoms with van der Waals surface area (Å²) >= 11 is 0. The number of hydrazine groups is 1. The zero-order chi connectivity index (χ0) is 14.4. The molecule has 1 aromatic carbocycles. The minimum Gasteiger partial charge on any atom is -0.368 e. The highest BCUT2D eigenvalue weighted by Gasteiger charge is 2.23. The van der Waals surface area contributed by atoms with Crippen LogP contribution in [-0.2, 0) is 11.3 Å². The number of amides is 1. The summed E-state index contributed by atoms with van der Waals surface area (Å²) < 4.78 is 0. The fourth-order valence-corrected chi connectivity index (χ4v) is 2.29. The summed E-state index contributed by atoms with van der Waals surface area (Å²) in [6, 6.07) is 10.2. The van der Waals surface area contributed by atoms with Gasteiger partial charge in [-0.05, 0) is 5.56 Å². The van der Waals surface area contributed by atoms with Crippen molar-refractivity contribution in [2.45, 2.75) is 6.54 Å². The van der Waals surface area contributed by atoms with E-state index < -0.39 is 5.91 Å². The summed E-state index contributed by atoms with van der Waals surface area (Å²) in [7, 11) is 0. The van der Waals surface area contributed by atoms with Gasteiger partial charge < -0.3 is 5.73 Å². The first-order chi connectivity index (χ1) is 9.69. The molecule has 1 heterocycles. The van der Waals surface area contributed by atoms with E-state index >= 15 is 0 Å². The predicted molar refractivity (Wildman–Crippen MR) is 75.0 cm³/mol. The van der Waals surface area contributed by atoms with Crippen molar-refractivity contribution in [1.82, 2.24) is 15.0 Å². The third-order valence-electron chi connectivity index (χ3n) is 3.32. The van der Waals surface area contributed by atoms with Gasteiger partial charge in [0.25, 0.3) is 0 Å². The Hall–Kier alpha value is -1.99. The molecule has 0 spiro atoms. The van der Waals surface area contributed by atoms with Crippen molar-refractivity contribution in [2.24, 2.45) is 11.0 Å². The van der Waals surface area contributed by atoms with Crippen molar-refractivity contribution in [1.29, 1.82) is 0 Å². The topological polar surface area (TPSA) is 82.2 Å². The Morgan fingerprint density at radius 1 is 1.20 bits per heavy atom. The maximum atomic E-state index is 10.9. The van der Waals surface area contributed by atoms with Crippen molar-refractivity contribution in [2.75, 3.05) is 32.7 Å². The highest BCUT2D eigenvalue weighted by Crippen LogP contribution is 2.10. The number of carbonyl (C=O) groups is 1. The Kier molecular flexibility index (Phi) is 5.03. The minimum atomic E-state index is -0.559. The first kappa shape index (κ1) is 14.4. The van der Waals surface area contributed by atoms with E-state index in [0.29, 0.717) is 13.1 Å². The third-order valence-corrected chi connectivity index (χ3v) is 3.32. The summed E-state index contributed by atoms with van der Waals surface area (Å²) in [5, 5.41) is 5.73. The zero-order valence-corrected chi connectivity index (χ0v) is 11.3. The molecule has 1 aromatic rings. The number of primary amides is 1. The van der Waals surface area contributed by atoms with E-state index in [4.69, 9.17) is 5.73 Å². The lowest BCUT2D eigenvalue weighted by Gasteiger charge is -2.37. The van der Waals surface area contributed by atoms with E-state index in [-0.39, 0.29) is 6.54 Å². The van der Waals surface area contributed by atoms with Crippen LogP contribution < -0.4 is 5.73 Å². The standard InChI is InChI=1S/C13H19N5O2/c14-13(19)11-18(15-20)17-8-6-16(7-9-17)10-12-4-2-1-3-5-12/h1-5H,6-11H2,(H2,14,19). The second-order valence-corrected chi connectivity index (χ2v) is 4.79. The smallest absolute Gasteiger partial charge is 0.240 e. The van der Waals surface area contributed by atoms with E-state index in [2.05, 4.69) is 22.3 Å². The molecule has 0 aliphatic carbocycles. The minimum absolute atomic E-state index is 0.164. The van der Waals surface area contributed by atoms with Crippen molar-refractivity contribution >= 4 is 5.91 Å². The van der Waals surface area contributed by atoms with Gasteiger partial charge in [-0.25, -0.2) is 0 Å². The number of nitrogens with zero attached hydrogens (tertiary/aromatic N) is 4.